The first kappa shape index (κ1) is 15.3. The molecule has 1 aliphatic heterocycles. The Hall–Kier alpha value is -2.65. The van der Waals surface area contributed by atoms with Crippen LogP contribution in [0.1, 0.15) is 12.5 Å². The van der Waals surface area contributed by atoms with Gasteiger partial charge in [0.2, 0.25) is 5.91 Å². The minimum Gasteiger partial charge on any atom is -0.332 e. The van der Waals surface area contributed by atoms with Crippen molar-refractivity contribution in [1.29, 1.82) is 0 Å². The van der Waals surface area contributed by atoms with Gasteiger partial charge in [0.05, 0.1) is 5.69 Å². The molecule has 1 unspecified atom stereocenters. The van der Waals surface area contributed by atoms with E-state index in [9.17, 15) is 22.8 Å². The molecular weight excluding hydrogens is 315 g/mol. The van der Waals surface area contributed by atoms with Gasteiger partial charge in [-0.2, -0.15) is 22.5 Å². The fourth-order valence-electron chi connectivity index (χ4n) is 2.51. The second kappa shape index (κ2) is 5.52. The van der Waals surface area contributed by atoms with Crippen molar-refractivity contribution in [3.63, 3.8) is 0 Å². The molecule has 1 aromatic heterocycles. The molecule has 122 valence electrons. The SMILES string of the molecule is O=C1C(n2nnn(-c3ccccc3)c2=O)CCN1CC(F)(F)F. The third-order valence-corrected chi connectivity index (χ3v) is 3.54. The summed E-state index contributed by atoms with van der Waals surface area (Å²) in [5.41, 5.74) is -0.204. The van der Waals surface area contributed by atoms with Gasteiger partial charge in [0, 0.05) is 6.54 Å². The van der Waals surface area contributed by atoms with Gasteiger partial charge in [0.15, 0.2) is 0 Å². The van der Waals surface area contributed by atoms with Crippen molar-refractivity contribution >= 4 is 5.91 Å². The summed E-state index contributed by atoms with van der Waals surface area (Å²) in [6.07, 6.45) is -4.39. The molecule has 0 saturated carbocycles. The molecule has 2 heterocycles. The van der Waals surface area contributed by atoms with Crippen molar-refractivity contribution in [2.24, 2.45) is 0 Å². The molecule has 23 heavy (non-hydrogen) atoms. The lowest BCUT2D eigenvalue weighted by atomic mass is 10.2. The second-order valence-electron chi connectivity index (χ2n) is 5.13. The van der Waals surface area contributed by atoms with Crippen molar-refractivity contribution in [3.05, 3.63) is 40.8 Å². The average Bonchev–Trinajstić information content (AvgIpc) is 3.03. The highest BCUT2D eigenvalue weighted by Crippen LogP contribution is 2.25. The summed E-state index contributed by atoms with van der Waals surface area (Å²) in [6.45, 7) is -1.41. The molecule has 0 aliphatic carbocycles. The van der Waals surface area contributed by atoms with Crippen LogP contribution in [0.4, 0.5) is 13.2 Å². The van der Waals surface area contributed by atoms with Gasteiger partial charge in [0.25, 0.3) is 0 Å². The van der Waals surface area contributed by atoms with Crippen molar-refractivity contribution in [2.75, 3.05) is 13.1 Å². The van der Waals surface area contributed by atoms with Crippen LogP contribution in [0, 0.1) is 0 Å². The first-order chi connectivity index (χ1) is 10.9. The smallest absolute Gasteiger partial charge is 0.332 e. The van der Waals surface area contributed by atoms with Crippen LogP contribution in [0.25, 0.3) is 5.69 Å². The fourth-order valence-corrected chi connectivity index (χ4v) is 2.51. The lowest BCUT2D eigenvalue weighted by molar-refractivity contribution is -0.158. The molecule has 0 bridgehead atoms. The molecule has 1 aromatic carbocycles. The van der Waals surface area contributed by atoms with E-state index in [-0.39, 0.29) is 13.0 Å². The molecule has 2 aromatic rings. The molecule has 1 fully saturated rings. The second-order valence-corrected chi connectivity index (χ2v) is 5.13. The van der Waals surface area contributed by atoms with Crippen LogP contribution in [0.2, 0.25) is 0 Å². The van der Waals surface area contributed by atoms with Crippen LogP contribution >= 0.6 is 0 Å². The summed E-state index contributed by atoms with van der Waals surface area (Å²) in [5, 5.41) is 7.33. The zero-order valence-corrected chi connectivity index (χ0v) is 11.8. The number of carbonyl (C=O) groups is 1. The number of nitrogens with zero attached hydrogens (tertiary/aromatic N) is 5. The Balaban J connectivity index is 1.86. The summed E-state index contributed by atoms with van der Waals surface area (Å²) in [5.74, 6) is -0.774. The Labute approximate surface area is 127 Å². The van der Waals surface area contributed by atoms with Gasteiger partial charge in [-0.05, 0) is 29.0 Å². The predicted octanol–water partition coefficient (Wildman–Crippen LogP) is 0.765. The number of tetrazole rings is 1. The standard InChI is InChI=1S/C13H12F3N5O2/c14-13(15,16)8-19-7-6-10(11(19)22)21-12(23)20(17-18-21)9-4-2-1-3-5-9/h1-5,10H,6-8H2. The minimum atomic E-state index is -4.48. The molecule has 7 nitrogen and oxygen atoms in total. The van der Waals surface area contributed by atoms with Gasteiger partial charge < -0.3 is 4.90 Å². The molecule has 1 aliphatic rings. The molecule has 0 spiro atoms. The van der Waals surface area contributed by atoms with Crippen molar-refractivity contribution in [2.45, 2.75) is 18.6 Å². The summed E-state index contributed by atoms with van der Waals surface area (Å²) in [4.78, 5) is 25.1. The van der Waals surface area contributed by atoms with Crippen LogP contribution in [0.3, 0.4) is 0 Å². The number of benzene rings is 1. The molecule has 3 rings (SSSR count). The summed E-state index contributed by atoms with van der Waals surface area (Å²) in [7, 11) is 0. The van der Waals surface area contributed by atoms with Gasteiger partial charge in [-0.25, -0.2) is 4.79 Å². The normalized spacial score (nSPS) is 18.7. The first-order valence-corrected chi connectivity index (χ1v) is 6.82. The maximum atomic E-state index is 12.4. The number of para-hydroxylation sites is 1. The van der Waals surface area contributed by atoms with Crippen LogP contribution in [0.15, 0.2) is 35.1 Å². The van der Waals surface area contributed by atoms with Gasteiger partial charge in [0.1, 0.15) is 12.6 Å². The van der Waals surface area contributed by atoms with E-state index in [0.29, 0.717) is 10.6 Å². The number of hydrogen-bond donors (Lipinski definition) is 0. The molecule has 1 atom stereocenters. The third-order valence-electron chi connectivity index (χ3n) is 3.54. The Bertz CT molecular complexity index is 768. The Kier molecular flexibility index (Phi) is 3.66. The largest absolute Gasteiger partial charge is 0.406 e. The van der Waals surface area contributed by atoms with E-state index >= 15 is 0 Å². The highest BCUT2D eigenvalue weighted by atomic mass is 19.4. The Morgan fingerprint density at radius 2 is 1.83 bits per heavy atom. The number of amides is 1. The van der Waals surface area contributed by atoms with Crippen LogP contribution in [-0.2, 0) is 4.79 Å². The fraction of sp³-hybridized carbons (Fsp3) is 0.385. The molecule has 1 saturated heterocycles. The number of aromatic nitrogens is 4. The van der Waals surface area contributed by atoms with E-state index in [1.54, 1.807) is 30.3 Å². The van der Waals surface area contributed by atoms with Gasteiger partial charge >= 0.3 is 11.9 Å². The van der Waals surface area contributed by atoms with Crippen LogP contribution in [0.5, 0.6) is 0 Å². The van der Waals surface area contributed by atoms with Crippen molar-refractivity contribution in [3.8, 4) is 5.69 Å². The van der Waals surface area contributed by atoms with Crippen molar-refractivity contribution < 1.29 is 18.0 Å². The number of carbonyl (C=O) groups excluding carboxylic acids is 1. The number of likely N-dealkylation sites (tertiary alicyclic amines) is 1. The number of alkyl halides is 3. The highest BCUT2D eigenvalue weighted by Gasteiger charge is 2.41. The first-order valence-electron chi connectivity index (χ1n) is 6.82. The third kappa shape index (κ3) is 2.96. The van der Waals surface area contributed by atoms with Gasteiger partial charge in [-0.15, -0.1) is 0 Å². The quantitative estimate of drug-likeness (QED) is 0.834. The predicted molar refractivity (Wildman–Crippen MR) is 71.9 cm³/mol. The molecule has 10 heteroatoms. The van der Waals surface area contributed by atoms with E-state index in [1.165, 1.54) is 0 Å². The van der Waals surface area contributed by atoms with Gasteiger partial charge in [-0.1, -0.05) is 18.2 Å². The lowest BCUT2D eigenvalue weighted by Crippen LogP contribution is -2.38. The summed E-state index contributed by atoms with van der Waals surface area (Å²) < 4.78 is 39.1. The van der Waals surface area contributed by atoms with E-state index in [4.69, 9.17) is 0 Å². The molecule has 0 N–H and O–H groups in total. The zero-order valence-electron chi connectivity index (χ0n) is 11.8. The van der Waals surface area contributed by atoms with E-state index in [0.717, 1.165) is 9.36 Å². The number of halogens is 3. The number of rotatable bonds is 3. The maximum absolute atomic E-state index is 12.4. The zero-order chi connectivity index (χ0) is 16.6. The lowest BCUT2D eigenvalue weighted by Gasteiger charge is -2.17. The maximum Gasteiger partial charge on any atom is 0.406 e. The van der Waals surface area contributed by atoms with E-state index < -0.39 is 30.4 Å². The summed E-state index contributed by atoms with van der Waals surface area (Å²) >= 11 is 0. The van der Waals surface area contributed by atoms with Crippen LogP contribution in [-0.4, -0.2) is 49.9 Å². The van der Waals surface area contributed by atoms with Crippen molar-refractivity contribution in [1.82, 2.24) is 24.7 Å². The topological polar surface area (TPSA) is 73.0 Å². The van der Waals surface area contributed by atoms with Crippen LogP contribution < -0.4 is 5.69 Å². The molecule has 1 amide bonds. The summed E-state index contributed by atoms with van der Waals surface area (Å²) in [6, 6.07) is 7.37. The van der Waals surface area contributed by atoms with E-state index in [2.05, 4.69) is 10.4 Å². The monoisotopic (exact) mass is 327 g/mol. The molecule has 0 radical (unpaired) electrons. The Morgan fingerprint density at radius 1 is 1.13 bits per heavy atom. The minimum absolute atomic E-state index is 0.0757. The molecular formula is C13H12F3N5O2. The van der Waals surface area contributed by atoms with Gasteiger partial charge in [-0.3, -0.25) is 4.79 Å². The van der Waals surface area contributed by atoms with E-state index in [1.807, 2.05) is 0 Å². The highest BCUT2D eigenvalue weighted by molar-refractivity contribution is 5.82. The average molecular weight is 327 g/mol. The Morgan fingerprint density at radius 3 is 2.48 bits per heavy atom. The number of hydrogen-bond acceptors (Lipinski definition) is 4.